The summed E-state index contributed by atoms with van der Waals surface area (Å²) in [5.41, 5.74) is 3.02. The summed E-state index contributed by atoms with van der Waals surface area (Å²) in [6, 6.07) is 19.6. The zero-order valence-electron chi connectivity index (χ0n) is 14.2. The molecule has 0 amide bonds. The van der Waals surface area contributed by atoms with Gasteiger partial charge in [-0.1, -0.05) is 30.3 Å². The van der Waals surface area contributed by atoms with E-state index in [4.69, 9.17) is 0 Å². The molecule has 3 heterocycles. The standard InChI is InChI=1S/C21H14FN5/c22-17-8-2-1-7-15(17)14-27-21(19-10-4-6-12-25-19)16(13-23)20(26-27)18-9-3-5-11-24-18/h1-12H,14H2. The average Bonchev–Trinajstić information content (AvgIpc) is 3.09. The molecule has 0 saturated carbocycles. The van der Waals surface area contributed by atoms with E-state index >= 15 is 0 Å². The maximum Gasteiger partial charge on any atom is 0.129 e. The van der Waals surface area contributed by atoms with E-state index in [-0.39, 0.29) is 12.4 Å². The fourth-order valence-electron chi connectivity index (χ4n) is 2.92. The number of benzene rings is 1. The Kier molecular flexibility index (Phi) is 4.42. The number of rotatable bonds is 4. The highest BCUT2D eigenvalue weighted by Gasteiger charge is 2.22. The Morgan fingerprint density at radius 2 is 1.56 bits per heavy atom. The minimum absolute atomic E-state index is 0.181. The topological polar surface area (TPSA) is 67.4 Å². The zero-order chi connectivity index (χ0) is 18.6. The van der Waals surface area contributed by atoms with Crippen LogP contribution in [0.3, 0.4) is 0 Å². The molecule has 0 aliphatic carbocycles. The quantitative estimate of drug-likeness (QED) is 0.553. The largest absolute Gasteiger partial charge is 0.257 e. The lowest BCUT2D eigenvalue weighted by molar-refractivity contribution is 0.587. The molecule has 0 radical (unpaired) electrons. The first-order valence-corrected chi connectivity index (χ1v) is 8.35. The molecule has 130 valence electrons. The highest BCUT2D eigenvalue weighted by Crippen LogP contribution is 2.30. The maximum atomic E-state index is 14.2. The summed E-state index contributed by atoms with van der Waals surface area (Å²) < 4.78 is 15.8. The molecule has 0 bridgehead atoms. The number of hydrogen-bond donors (Lipinski definition) is 0. The van der Waals surface area contributed by atoms with Crippen LogP contribution in [0.25, 0.3) is 22.8 Å². The first kappa shape index (κ1) is 16.6. The van der Waals surface area contributed by atoms with Crippen LogP contribution in [0.4, 0.5) is 4.39 Å². The van der Waals surface area contributed by atoms with Crippen LogP contribution < -0.4 is 0 Å². The molecule has 0 aliphatic heterocycles. The van der Waals surface area contributed by atoms with E-state index in [1.165, 1.54) is 6.07 Å². The molecule has 0 spiro atoms. The lowest BCUT2D eigenvalue weighted by Crippen LogP contribution is -2.06. The van der Waals surface area contributed by atoms with Gasteiger partial charge in [0.2, 0.25) is 0 Å². The van der Waals surface area contributed by atoms with Gasteiger partial charge in [0.05, 0.1) is 17.9 Å². The van der Waals surface area contributed by atoms with Crippen LogP contribution in [0, 0.1) is 17.1 Å². The minimum atomic E-state index is -0.321. The molecule has 4 aromatic rings. The van der Waals surface area contributed by atoms with Crippen molar-refractivity contribution >= 4 is 0 Å². The van der Waals surface area contributed by atoms with E-state index in [1.807, 2.05) is 12.1 Å². The Morgan fingerprint density at radius 3 is 2.19 bits per heavy atom. The van der Waals surface area contributed by atoms with Crippen molar-refractivity contribution in [2.75, 3.05) is 0 Å². The molecule has 0 aliphatic rings. The van der Waals surface area contributed by atoms with Crippen LogP contribution in [0.1, 0.15) is 11.1 Å². The molecule has 3 aromatic heterocycles. The van der Waals surface area contributed by atoms with Gasteiger partial charge in [0.1, 0.15) is 28.8 Å². The first-order valence-electron chi connectivity index (χ1n) is 8.35. The van der Waals surface area contributed by atoms with E-state index in [0.29, 0.717) is 33.9 Å². The molecule has 0 atom stereocenters. The second kappa shape index (κ2) is 7.18. The van der Waals surface area contributed by atoms with E-state index in [1.54, 1.807) is 59.5 Å². The highest BCUT2D eigenvalue weighted by molar-refractivity contribution is 5.75. The molecule has 4 rings (SSSR count). The summed E-state index contributed by atoms with van der Waals surface area (Å²) in [5.74, 6) is -0.321. The van der Waals surface area contributed by atoms with Gasteiger partial charge in [-0.15, -0.1) is 0 Å². The van der Waals surface area contributed by atoms with Crippen LogP contribution in [0.5, 0.6) is 0 Å². The molecule has 0 unspecified atom stereocenters. The van der Waals surface area contributed by atoms with Crippen molar-refractivity contribution in [2.45, 2.75) is 6.54 Å². The third kappa shape index (κ3) is 3.18. The first-order chi connectivity index (χ1) is 13.3. The fourth-order valence-corrected chi connectivity index (χ4v) is 2.92. The van der Waals surface area contributed by atoms with E-state index in [0.717, 1.165) is 0 Å². The Morgan fingerprint density at radius 1 is 0.889 bits per heavy atom. The average molecular weight is 355 g/mol. The zero-order valence-corrected chi connectivity index (χ0v) is 14.2. The molecule has 0 saturated heterocycles. The number of hydrogen-bond acceptors (Lipinski definition) is 4. The Labute approximate surface area is 155 Å². The van der Waals surface area contributed by atoms with Gasteiger partial charge in [0.15, 0.2) is 0 Å². The van der Waals surface area contributed by atoms with Crippen molar-refractivity contribution in [1.29, 1.82) is 5.26 Å². The number of halogens is 1. The summed E-state index contributed by atoms with van der Waals surface area (Å²) in [6.07, 6.45) is 3.30. The summed E-state index contributed by atoms with van der Waals surface area (Å²) in [5, 5.41) is 14.4. The number of nitrogens with zero attached hydrogens (tertiary/aromatic N) is 5. The lowest BCUT2D eigenvalue weighted by Gasteiger charge is -2.08. The lowest BCUT2D eigenvalue weighted by atomic mass is 10.1. The predicted octanol–water partition coefficient (Wildman–Crippen LogP) is 4.07. The van der Waals surface area contributed by atoms with Gasteiger partial charge < -0.3 is 0 Å². The molecule has 0 N–H and O–H groups in total. The molecule has 1 aromatic carbocycles. The highest BCUT2D eigenvalue weighted by atomic mass is 19.1. The van der Waals surface area contributed by atoms with E-state index in [9.17, 15) is 9.65 Å². The van der Waals surface area contributed by atoms with Crippen LogP contribution in [-0.2, 0) is 6.54 Å². The van der Waals surface area contributed by atoms with Gasteiger partial charge in [0, 0.05) is 18.0 Å². The maximum absolute atomic E-state index is 14.2. The van der Waals surface area contributed by atoms with E-state index in [2.05, 4.69) is 21.1 Å². The molecule has 0 fully saturated rings. The van der Waals surface area contributed by atoms with Crippen molar-refractivity contribution in [3.05, 3.63) is 90.0 Å². The number of aromatic nitrogens is 4. The molecular formula is C21H14FN5. The monoisotopic (exact) mass is 355 g/mol. The van der Waals surface area contributed by atoms with Gasteiger partial charge in [-0.3, -0.25) is 14.6 Å². The van der Waals surface area contributed by atoms with Crippen LogP contribution >= 0.6 is 0 Å². The second-order valence-electron chi connectivity index (χ2n) is 5.86. The number of pyridine rings is 2. The minimum Gasteiger partial charge on any atom is -0.257 e. The van der Waals surface area contributed by atoms with Crippen LogP contribution in [0.15, 0.2) is 73.1 Å². The Hall–Kier alpha value is -3.85. The molecule has 5 nitrogen and oxygen atoms in total. The summed E-state index contributed by atoms with van der Waals surface area (Å²) >= 11 is 0. The molecule has 6 heteroatoms. The molecular weight excluding hydrogens is 341 g/mol. The summed E-state index contributed by atoms with van der Waals surface area (Å²) in [7, 11) is 0. The van der Waals surface area contributed by atoms with Gasteiger partial charge in [-0.05, 0) is 30.3 Å². The van der Waals surface area contributed by atoms with Gasteiger partial charge in [0.25, 0.3) is 0 Å². The van der Waals surface area contributed by atoms with Gasteiger partial charge in [-0.25, -0.2) is 4.39 Å². The normalized spacial score (nSPS) is 10.5. The Bertz CT molecular complexity index is 1110. The molecule has 27 heavy (non-hydrogen) atoms. The van der Waals surface area contributed by atoms with E-state index < -0.39 is 0 Å². The predicted molar refractivity (Wildman–Crippen MR) is 98.9 cm³/mol. The Balaban J connectivity index is 1.93. The van der Waals surface area contributed by atoms with Crippen molar-refractivity contribution in [2.24, 2.45) is 0 Å². The smallest absolute Gasteiger partial charge is 0.129 e. The third-order valence-electron chi connectivity index (χ3n) is 4.16. The third-order valence-corrected chi connectivity index (χ3v) is 4.16. The van der Waals surface area contributed by atoms with Crippen molar-refractivity contribution in [3.8, 4) is 28.8 Å². The van der Waals surface area contributed by atoms with Gasteiger partial charge >= 0.3 is 0 Å². The van der Waals surface area contributed by atoms with Crippen LogP contribution in [0.2, 0.25) is 0 Å². The van der Waals surface area contributed by atoms with Crippen LogP contribution in [-0.4, -0.2) is 19.7 Å². The van der Waals surface area contributed by atoms with Crippen molar-refractivity contribution < 1.29 is 4.39 Å². The fraction of sp³-hybridized carbons (Fsp3) is 0.0476. The summed E-state index contributed by atoms with van der Waals surface area (Å²) in [6.45, 7) is 0.181. The SMILES string of the molecule is N#Cc1c(-c2ccccn2)nn(Cc2ccccc2F)c1-c1ccccn1. The second-order valence-corrected chi connectivity index (χ2v) is 5.86. The van der Waals surface area contributed by atoms with Gasteiger partial charge in [-0.2, -0.15) is 10.4 Å². The summed E-state index contributed by atoms with van der Waals surface area (Å²) in [4.78, 5) is 8.67. The number of nitriles is 1. The van der Waals surface area contributed by atoms with Crippen molar-refractivity contribution in [3.63, 3.8) is 0 Å². The van der Waals surface area contributed by atoms with Crippen molar-refractivity contribution in [1.82, 2.24) is 19.7 Å².